The summed E-state index contributed by atoms with van der Waals surface area (Å²) in [5, 5.41) is 12.3. The summed E-state index contributed by atoms with van der Waals surface area (Å²) in [6, 6.07) is 15.9. The van der Waals surface area contributed by atoms with E-state index in [9.17, 15) is 4.79 Å². The van der Waals surface area contributed by atoms with Crippen molar-refractivity contribution in [1.29, 1.82) is 0 Å². The van der Waals surface area contributed by atoms with Crippen molar-refractivity contribution in [3.8, 4) is 5.69 Å². The van der Waals surface area contributed by atoms with Crippen molar-refractivity contribution >= 4 is 22.5 Å². The van der Waals surface area contributed by atoms with Gasteiger partial charge in [-0.25, -0.2) is 4.68 Å². The predicted molar refractivity (Wildman–Crippen MR) is 106 cm³/mol. The van der Waals surface area contributed by atoms with Gasteiger partial charge in [-0.15, -0.1) is 5.10 Å². The molecule has 27 heavy (non-hydrogen) atoms. The van der Waals surface area contributed by atoms with Gasteiger partial charge in [0.1, 0.15) is 0 Å². The summed E-state index contributed by atoms with van der Waals surface area (Å²) in [6.45, 7) is 6.89. The summed E-state index contributed by atoms with van der Waals surface area (Å²) >= 11 is 0. The Kier molecular flexibility index (Phi) is 4.24. The van der Waals surface area contributed by atoms with Crippen molar-refractivity contribution in [2.24, 2.45) is 0 Å². The molecule has 0 aliphatic carbocycles. The van der Waals surface area contributed by atoms with Crippen molar-refractivity contribution in [3.05, 3.63) is 71.7 Å². The number of carbonyl (C=O) groups is 1. The maximum absolute atomic E-state index is 12.7. The number of anilines is 1. The van der Waals surface area contributed by atoms with Gasteiger partial charge in [-0.3, -0.25) is 4.79 Å². The van der Waals surface area contributed by atoms with Gasteiger partial charge in [0.15, 0.2) is 5.69 Å². The highest BCUT2D eigenvalue weighted by atomic mass is 16.2. The van der Waals surface area contributed by atoms with Crippen LogP contribution < -0.4 is 5.32 Å². The lowest BCUT2D eigenvalue weighted by molar-refractivity contribution is 0.102. The zero-order valence-corrected chi connectivity index (χ0v) is 15.6. The van der Waals surface area contributed by atoms with Crippen LogP contribution in [0.25, 0.3) is 16.6 Å². The van der Waals surface area contributed by atoms with E-state index in [2.05, 4.69) is 27.1 Å². The van der Waals surface area contributed by atoms with Crippen molar-refractivity contribution in [3.63, 3.8) is 0 Å². The van der Waals surface area contributed by atoms with Crippen LogP contribution in [0.4, 0.5) is 5.69 Å². The summed E-state index contributed by atoms with van der Waals surface area (Å²) in [5.74, 6) is -0.263. The first-order valence-corrected chi connectivity index (χ1v) is 8.96. The zero-order chi connectivity index (χ0) is 19.0. The van der Waals surface area contributed by atoms with Crippen LogP contribution in [0.2, 0.25) is 0 Å². The average Bonchev–Trinajstić information content (AvgIpc) is 3.24. The molecule has 0 atom stereocenters. The van der Waals surface area contributed by atoms with E-state index >= 15 is 0 Å². The molecular formula is C21H21N5O. The molecule has 4 aromatic rings. The monoisotopic (exact) mass is 359 g/mol. The summed E-state index contributed by atoms with van der Waals surface area (Å²) < 4.78 is 3.85. The van der Waals surface area contributed by atoms with Crippen LogP contribution in [-0.2, 0) is 6.54 Å². The molecule has 1 amide bonds. The lowest BCUT2D eigenvalue weighted by Crippen LogP contribution is -2.14. The van der Waals surface area contributed by atoms with E-state index in [0.717, 1.165) is 34.4 Å². The van der Waals surface area contributed by atoms with E-state index in [1.54, 1.807) is 4.68 Å². The number of amides is 1. The molecule has 0 radical (unpaired) electrons. The quantitative estimate of drug-likeness (QED) is 0.596. The molecule has 2 aromatic carbocycles. The highest BCUT2D eigenvalue weighted by Crippen LogP contribution is 2.21. The fourth-order valence-corrected chi connectivity index (χ4v) is 3.29. The van der Waals surface area contributed by atoms with Crippen LogP contribution in [0.3, 0.4) is 0 Å². The molecule has 0 saturated heterocycles. The van der Waals surface area contributed by atoms with Crippen molar-refractivity contribution in [2.45, 2.75) is 27.3 Å². The predicted octanol–water partition coefficient (Wildman–Crippen LogP) is 4.11. The molecule has 4 rings (SSSR count). The van der Waals surface area contributed by atoms with E-state index < -0.39 is 0 Å². The first-order valence-electron chi connectivity index (χ1n) is 8.96. The van der Waals surface area contributed by atoms with E-state index in [4.69, 9.17) is 0 Å². The molecule has 0 aliphatic heterocycles. The van der Waals surface area contributed by atoms with Crippen LogP contribution in [-0.4, -0.2) is 25.5 Å². The molecule has 136 valence electrons. The molecule has 0 spiro atoms. The molecule has 0 aliphatic rings. The number of aromatic nitrogens is 4. The lowest BCUT2D eigenvalue weighted by Gasteiger charge is -2.07. The maximum Gasteiger partial charge on any atom is 0.278 e. The SMILES string of the molecule is CCn1ccc2cc(NC(=O)c3nnn(-c4cccc(C)c4)c3C)ccc21. The average molecular weight is 359 g/mol. The van der Waals surface area contributed by atoms with Gasteiger partial charge in [-0.1, -0.05) is 17.3 Å². The second-order valence-electron chi connectivity index (χ2n) is 6.60. The minimum absolute atomic E-state index is 0.263. The van der Waals surface area contributed by atoms with E-state index in [-0.39, 0.29) is 5.91 Å². The highest BCUT2D eigenvalue weighted by Gasteiger charge is 2.18. The standard InChI is InChI=1S/C21H21N5O/c1-4-25-11-10-16-13-17(8-9-19(16)25)22-21(27)20-15(3)26(24-23-20)18-7-5-6-14(2)12-18/h5-13H,4H2,1-3H3,(H,22,27). The topological polar surface area (TPSA) is 64.7 Å². The van der Waals surface area contributed by atoms with Crippen molar-refractivity contribution in [1.82, 2.24) is 19.6 Å². The molecule has 1 N–H and O–H groups in total. The number of benzene rings is 2. The van der Waals surface area contributed by atoms with E-state index in [1.165, 1.54) is 0 Å². The van der Waals surface area contributed by atoms with Gasteiger partial charge in [-0.2, -0.15) is 0 Å². The smallest absolute Gasteiger partial charge is 0.278 e. The Hall–Kier alpha value is -3.41. The van der Waals surface area contributed by atoms with Crippen LogP contribution in [0, 0.1) is 13.8 Å². The number of fused-ring (bicyclic) bond motifs is 1. The van der Waals surface area contributed by atoms with Gasteiger partial charge in [0.05, 0.1) is 11.4 Å². The molecule has 0 saturated carbocycles. The minimum Gasteiger partial charge on any atom is -0.348 e. The van der Waals surface area contributed by atoms with Crippen LogP contribution in [0.1, 0.15) is 28.7 Å². The summed E-state index contributed by atoms with van der Waals surface area (Å²) in [6.07, 6.45) is 2.05. The van der Waals surface area contributed by atoms with Gasteiger partial charge >= 0.3 is 0 Å². The molecule has 0 bridgehead atoms. The highest BCUT2D eigenvalue weighted by molar-refractivity contribution is 6.04. The summed E-state index contributed by atoms with van der Waals surface area (Å²) in [5.41, 5.74) is 4.93. The normalized spacial score (nSPS) is 11.1. The second kappa shape index (κ2) is 6.72. The molecular weight excluding hydrogens is 338 g/mol. The second-order valence-corrected chi connectivity index (χ2v) is 6.60. The Balaban J connectivity index is 1.60. The Bertz CT molecular complexity index is 1140. The van der Waals surface area contributed by atoms with Gasteiger partial charge in [0.2, 0.25) is 0 Å². The number of hydrogen-bond acceptors (Lipinski definition) is 3. The minimum atomic E-state index is -0.263. The zero-order valence-electron chi connectivity index (χ0n) is 15.6. The Morgan fingerprint density at radius 1 is 1.11 bits per heavy atom. The van der Waals surface area contributed by atoms with E-state index in [1.807, 2.05) is 68.6 Å². The van der Waals surface area contributed by atoms with Crippen LogP contribution in [0.15, 0.2) is 54.7 Å². The fourth-order valence-electron chi connectivity index (χ4n) is 3.29. The lowest BCUT2D eigenvalue weighted by atomic mass is 10.2. The molecule has 2 heterocycles. The largest absolute Gasteiger partial charge is 0.348 e. The Labute approximate surface area is 157 Å². The van der Waals surface area contributed by atoms with Gasteiger partial charge < -0.3 is 9.88 Å². The molecule has 0 fully saturated rings. The maximum atomic E-state index is 12.7. The Morgan fingerprint density at radius 2 is 1.96 bits per heavy atom. The number of nitrogens with zero attached hydrogens (tertiary/aromatic N) is 4. The number of hydrogen-bond donors (Lipinski definition) is 1. The third-order valence-corrected chi connectivity index (χ3v) is 4.73. The van der Waals surface area contributed by atoms with E-state index in [0.29, 0.717) is 11.4 Å². The van der Waals surface area contributed by atoms with Gasteiger partial charge in [-0.05, 0) is 62.7 Å². The number of aryl methyl sites for hydroxylation is 2. The third kappa shape index (κ3) is 3.10. The van der Waals surface area contributed by atoms with Gasteiger partial charge in [0, 0.05) is 29.3 Å². The first-order chi connectivity index (χ1) is 13.1. The van der Waals surface area contributed by atoms with Crippen LogP contribution in [0.5, 0.6) is 0 Å². The van der Waals surface area contributed by atoms with Crippen molar-refractivity contribution in [2.75, 3.05) is 5.32 Å². The third-order valence-electron chi connectivity index (χ3n) is 4.73. The molecule has 0 unspecified atom stereocenters. The number of carbonyl (C=O) groups excluding carboxylic acids is 1. The van der Waals surface area contributed by atoms with Gasteiger partial charge in [0.25, 0.3) is 5.91 Å². The number of rotatable bonds is 4. The Morgan fingerprint density at radius 3 is 2.74 bits per heavy atom. The molecule has 6 nitrogen and oxygen atoms in total. The first kappa shape index (κ1) is 17.0. The fraction of sp³-hybridized carbons (Fsp3) is 0.190. The number of nitrogens with one attached hydrogen (secondary N) is 1. The van der Waals surface area contributed by atoms with Crippen LogP contribution >= 0.6 is 0 Å². The van der Waals surface area contributed by atoms with Crippen molar-refractivity contribution < 1.29 is 4.79 Å². The molecule has 2 aromatic heterocycles. The summed E-state index contributed by atoms with van der Waals surface area (Å²) in [4.78, 5) is 12.7. The molecule has 6 heteroatoms. The summed E-state index contributed by atoms with van der Waals surface area (Å²) in [7, 11) is 0.